The zero-order valence-electron chi connectivity index (χ0n) is 14.1. The fourth-order valence-corrected chi connectivity index (χ4v) is 2.43. The average molecular weight is 389 g/mol. The van der Waals surface area contributed by atoms with E-state index in [1.54, 1.807) is 0 Å². The molecular weight excluding hydrogens is 364 g/mol. The SMILES string of the molecule is CC[N+](CC)(CC)CC.O=S(=O)([O-])C(F)C(F)C(F)C(F)C(F)F. The molecule has 148 valence electrons. The summed E-state index contributed by atoms with van der Waals surface area (Å²) >= 11 is 0. The fraction of sp³-hybridized carbons (Fsp3) is 1.00. The van der Waals surface area contributed by atoms with Gasteiger partial charge in [-0.1, -0.05) is 0 Å². The zero-order chi connectivity index (χ0) is 19.7. The van der Waals surface area contributed by atoms with Crippen molar-refractivity contribution in [2.45, 2.75) is 58.1 Å². The van der Waals surface area contributed by atoms with Crippen LogP contribution in [-0.2, 0) is 10.1 Å². The van der Waals surface area contributed by atoms with Crippen LogP contribution in [0.3, 0.4) is 0 Å². The Bertz CT molecular complexity index is 416. The Hall–Kier alpha value is -0.550. The number of alkyl halides is 6. The number of rotatable bonds is 9. The van der Waals surface area contributed by atoms with Crippen molar-refractivity contribution in [3.63, 3.8) is 0 Å². The minimum absolute atomic E-state index is 1.28. The highest BCUT2D eigenvalue weighted by molar-refractivity contribution is 7.86. The van der Waals surface area contributed by atoms with Crippen LogP contribution in [0.15, 0.2) is 0 Å². The first-order chi connectivity index (χ1) is 10.8. The van der Waals surface area contributed by atoms with Gasteiger partial charge in [-0.2, -0.15) is 0 Å². The number of hydrogen-bond donors (Lipinski definition) is 0. The predicted octanol–water partition coefficient (Wildman–Crippen LogP) is 2.99. The van der Waals surface area contributed by atoms with Crippen molar-refractivity contribution < 1.29 is 43.8 Å². The van der Waals surface area contributed by atoms with Gasteiger partial charge in [0.15, 0.2) is 18.5 Å². The second kappa shape index (κ2) is 11.1. The molecule has 0 bridgehead atoms. The lowest BCUT2D eigenvalue weighted by Crippen LogP contribution is -2.47. The molecule has 0 radical (unpaired) electrons. The van der Waals surface area contributed by atoms with E-state index >= 15 is 0 Å². The molecule has 0 spiro atoms. The summed E-state index contributed by atoms with van der Waals surface area (Å²) in [6.45, 7) is 14.2. The van der Waals surface area contributed by atoms with E-state index in [4.69, 9.17) is 0 Å². The molecule has 0 aliphatic carbocycles. The van der Waals surface area contributed by atoms with Crippen LogP contribution in [0.25, 0.3) is 0 Å². The van der Waals surface area contributed by atoms with E-state index in [9.17, 15) is 39.3 Å². The van der Waals surface area contributed by atoms with Gasteiger partial charge in [0.25, 0.3) is 6.43 Å². The molecule has 0 saturated heterocycles. The van der Waals surface area contributed by atoms with E-state index in [1.165, 1.54) is 30.7 Å². The second-order valence-electron chi connectivity index (χ2n) is 5.12. The summed E-state index contributed by atoms with van der Waals surface area (Å²) < 4.78 is 103. The van der Waals surface area contributed by atoms with E-state index in [0.29, 0.717) is 0 Å². The molecule has 0 amide bonds. The molecule has 0 aromatic heterocycles. The maximum absolute atomic E-state index is 12.4. The highest BCUT2D eigenvalue weighted by Gasteiger charge is 2.43. The van der Waals surface area contributed by atoms with E-state index in [2.05, 4.69) is 27.7 Å². The molecule has 0 heterocycles. The van der Waals surface area contributed by atoms with Gasteiger partial charge in [-0.15, -0.1) is 0 Å². The molecule has 0 aromatic carbocycles. The molecule has 4 atom stereocenters. The Morgan fingerprint density at radius 2 is 1.08 bits per heavy atom. The molecule has 0 rings (SSSR count). The smallest absolute Gasteiger partial charge is 0.272 e. The third kappa shape index (κ3) is 8.02. The van der Waals surface area contributed by atoms with E-state index in [1.807, 2.05) is 0 Å². The van der Waals surface area contributed by atoms with Gasteiger partial charge < -0.3 is 9.04 Å². The Labute approximate surface area is 139 Å². The lowest BCUT2D eigenvalue weighted by molar-refractivity contribution is -0.921. The summed E-state index contributed by atoms with van der Waals surface area (Å²) in [5.74, 6) is 0. The Morgan fingerprint density at radius 3 is 1.25 bits per heavy atom. The Kier molecular flexibility index (Phi) is 11.9. The lowest BCUT2D eigenvalue weighted by atomic mass is 10.2. The standard InChI is InChI=1S/C8H20N.C5H6F6O3S/c1-5-9(6-2,7-3)8-4;6-1(2(7)4(9)10)3(8)5(11)15(12,13)14/h5-8H2,1-4H3;1-5H,(H,12,13,14)/q+1;/p-1. The highest BCUT2D eigenvalue weighted by Crippen LogP contribution is 2.23. The van der Waals surface area contributed by atoms with Crippen molar-refractivity contribution in [3.8, 4) is 0 Å². The van der Waals surface area contributed by atoms with Crippen LogP contribution in [0.4, 0.5) is 26.3 Å². The van der Waals surface area contributed by atoms with Gasteiger partial charge in [0, 0.05) is 0 Å². The maximum Gasteiger partial charge on any atom is 0.272 e. The summed E-state index contributed by atoms with van der Waals surface area (Å²) in [5.41, 5.74) is -3.91. The third-order valence-corrected chi connectivity index (χ3v) is 4.87. The van der Waals surface area contributed by atoms with Gasteiger partial charge in [-0.25, -0.2) is 34.8 Å². The minimum atomic E-state index is -5.85. The van der Waals surface area contributed by atoms with Crippen molar-refractivity contribution >= 4 is 10.1 Å². The molecule has 11 heteroatoms. The van der Waals surface area contributed by atoms with Crippen molar-refractivity contribution in [1.82, 2.24) is 0 Å². The first kappa shape index (κ1) is 25.7. The van der Waals surface area contributed by atoms with Crippen molar-refractivity contribution in [3.05, 3.63) is 0 Å². The fourth-order valence-electron chi connectivity index (χ4n) is 1.96. The average Bonchev–Trinajstić information content (AvgIpc) is 2.54. The van der Waals surface area contributed by atoms with Gasteiger partial charge in [0.1, 0.15) is 10.1 Å². The van der Waals surface area contributed by atoms with Crippen LogP contribution in [0.1, 0.15) is 27.7 Å². The third-order valence-electron chi connectivity index (χ3n) is 4.06. The molecule has 0 aromatic rings. The number of nitrogens with zero attached hydrogens (tertiary/aromatic N) is 1. The highest BCUT2D eigenvalue weighted by atomic mass is 32.2. The minimum Gasteiger partial charge on any atom is -0.746 e. The molecule has 24 heavy (non-hydrogen) atoms. The molecule has 4 unspecified atom stereocenters. The predicted molar refractivity (Wildman–Crippen MR) is 77.7 cm³/mol. The first-order valence-corrected chi connectivity index (χ1v) is 8.94. The van der Waals surface area contributed by atoms with E-state index in [0.717, 1.165) is 0 Å². The van der Waals surface area contributed by atoms with Gasteiger partial charge in [-0.3, -0.25) is 0 Å². The van der Waals surface area contributed by atoms with Gasteiger partial charge in [-0.05, 0) is 27.7 Å². The second-order valence-corrected chi connectivity index (χ2v) is 6.55. The van der Waals surface area contributed by atoms with Crippen LogP contribution in [-0.4, -0.2) is 74.1 Å². The normalized spacial score (nSPS) is 17.7. The molecule has 0 saturated carbocycles. The van der Waals surface area contributed by atoms with Crippen LogP contribution in [0.5, 0.6) is 0 Å². The number of quaternary nitrogens is 1. The Balaban J connectivity index is 0. The largest absolute Gasteiger partial charge is 0.746 e. The van der Waals surface area contributed by atoms with Gasteiger partial charge >= 0.3 is 0 Å². The van der Waals surface area contributed by atoms with Crippen LogP contribution < -0.4 is 0 Å². The Morgan fingerprint density at radius 1 is 0.750 bits per heavy atom. The molecule has 0 aliphatic heterocycles. The molecule has 0 fully saturated rings. The van der Waals surface area contributed by atoms with E-state index in [-0.39, 0.29) is 0 Å². The number of hydrogen-bond acceptors (Lipinski definition) is 3. The van der Waals surface area contributed by atoms with E-state index < -0.39 is 40.6 Å². The summed E-state index contributed by atoms with van der Waals surface area (Å²) in [6.07, 6.45) is -15.1. The van der Waals surface area contributed by atoms with Crippen LogP contribution in [0.2, 0.25) is 0 Å². The van der Waals surface area contributed by atoms with Crippen LogP contribution >= 0.6 is 0 Å². The van der Waals surface area contributed by atoms with Gasteiger partial charge in [0.05, 0.1) is 26.2 Å². The van der Waals surface area contributed by atoms with Crippen molar-refractivity contribution in [1.29, 1.82) is 0 Å². The first-order valence-electron chi connectivity index (χ1n) is 7.47. The molecule has 0 N–H and O–H groups in total. The maximum atomic E-state index is 12.4. The summed E-state index contributed by atoms with van der Waals surface area (Å²) in [6, 6.07) is 0. The number of halogens is 6. The molecule has 0 aliphatic rings. The molecular formula is C13H25F6NO3S. The molecule has 4 nitrogen and oxygen atoms in total. The summed E-state index contributed by atoms with van der Waals surface area (Å²) in [5, 5.41) is 0. The van der Waals surface area contributed by atoms with Crippen molar-refractivity contribution in [2.24, 2.45) is 0 Å². The van der Waals surface area contributed by atoms with Crippen molar-refractivity contribution in [2.75, 3.05) is 26.2 Å². The topological polar surface area (TPSA) is 57.2 Å². The summed E-state index contributed by atoms with van der Waals surface area (Å²) in [4.78, 5) is 0. The lowest BCUT2D eigenvalue weighted by Gasteiger charge is -2.34. The zero-order valence-corrected chi connectivity index (χ0v) is 14.9. The quantitative estimate of drug-likeness (QED) is 0.346. The monoisotopic (exact) mass is 389 g/mol. The van der Waals surface area contributed by atoms with Crippen LogP contribution in [0, 0.1) is 0 Å². The van der Waals surface area contributed by atoms with Gasteiger partial charge in [0.2, 0.25) is 5.50 Å². The summed E-state index contributed by atoms with van der Waals surface area (Å²) in [7, 11) is -5.85.